The van der Waals surface area contributed by atoms with Crippen molar-refractivity contribution in [2.24, 2.45) is 0 Å². The van der Waals surface area contributed by atoms with E-state index in [2.05, 4.69) is 20.7 Å². The van der Waals surface area contributed by atoms with Crippen LogP contribution in [0.2, 0.25) is 5.02 Å². The Morgan fingerprint density at radius 1 is 1.23 bits per heavy atom. The van der Waals surface area contributed by atoms with Crippen LogP contribution in [0, 0.1) is 6.92 Å². The standard InChI is InChI=1S/C20H17ClF3N5O/c1-11-2-4-12(5-3-11)14-8-16(20(22,23)24)29-18(26-14)9-15(28-29)19(30)27-17-7-6-13(21)10-25-17/h2-7,9-10,14,16,26H,8H2,1H3,(H,25,27,30)/t14-,16+/m0/s1. The fourth-order valence-corrected chi connectivity index (χ4v) is 3.44. The zero-order chi connectivity index (χ0) is 21.5. The minimum Gasteiger partial charge on any atom is -0.363 e. The molecule has 4 rings (SSSR count). The minimum atomic E-state index is -4.52. The molecule has 0 spiro atoms. The van der Waals surface area contributed by atoms with Gasteiger partial charge in [-0.2, -0.15) is 18.3 Å². The van der Waals surface area contributed by atoms with Crippen molar-refractivity contribution >= 4 is 29.1 Å². The molecular weight excluding hydrogens is 419 g/mol. The van der Waals surface area contributed by atoms with Crippen molar-refractivity contribution in [3.05, 3.63) is 70.5 Å². The third-order valence-corrected chi connectivity index (χ3v) is 5.09. The maximum absolute atomic E-state index is 13.8. The van der Waals surface area contributed by atoms with Gasteiger partial charge in [0.15, 0.2) is 11.7 Å². The number of carbonyl (C=O) groups excluding carboxylic acids is 1. The number of fused-ring (bicyclic) bond motifs is 1. The summed E-state index contributed by atoms with van der Waals surface area (Å²) in [6.07, 6.45) is -3.40. The first-order chi connectivity index (χ1) is 14.2. The number of aromatic nitrogens is 3. The van der Waals surface area contributed by atoms with Gasteiger partial charge in [-0.15, -0.1) is 0 Å². The molecule has 2 aromatic heterocycles. The Labute approximate surface area is 175 Å². The van der Waals surface area contributed by atoms with Gasteiger partial charge in [-0.05, 0) is 24.6 Å². The number of halogens is 4. The largest absolute Gasteiger partial charge is 0.410 e. The molecule has 1 amide bonds. The topological polar surface area (TPSA) is 71.8 Å². The third-order valence-electron chi connectivity index (χ3n) is 4.87. The van der Waals surface area contributed by atoms with Crippen molar-refractivity contribution in [2.45, 2.75) is 31.6 Å². The zero-order valence-corrected chi connectivity index (χ0v) is 16.5. The van der Waals surface area contributed by atoms with Gasteiger partial charge >= 0.3 is 6.18 Å². The Balaban J connectivity index is 1.63. The van der Waals surface area contributed by atoms with Crippen LogP contribution in [0.5, 0.6) is 0 Å². The van der Waals surface area contributed by atoms with Crippen LogP contribution in [-0.2, 0) is 0 Å². The maximum Gasteiger partial charge on any atom is 0.410 e. The lowest BCUT2D eigenvalue weighted by molar-refractivity contribution is -0.173. The van der Waals surface area contributed by atoms with Crippen molar-refractivity contribution in [3.63, 3.8) is 0 Å². The average molecular weight is 436 g/mol. The normalized spacial score (nSPS) is 18.4. The van der Waals surface area contributed by atoms with E-state index in [0.29, 0.717) is 5.02 Å². The zero-order valence-electron chi connectivity index (χ0n) is 15.7. The summed E-state index contributed by atoms with van der Waals surface area (Å²) in [4.78, 5) is 16.4. The van der Waals surface area contributed by atoms with Crippen LogP contribution >= 0.6 is 11.6 Å². The molecule has 2 atom stereocenters. The summed E-state index contributed by atoms with van der Waals surface area (Å²) in [6, 6.07) is 9.22. The summed E-state index contributed by atoms with van der Waals surface area (Å²) in [6.45, 7) is 1.91. The molecule has 0 aliphatic carbocycles. The van der Waals surface area contributed by atoms with Crippen LogP contribution < -0.4 is 10.6 Å². The Morgan fingerprint density at radius 3 is 2.60 bits per heavy atom. The molecule has 156 valence electrons. The first kappa shape index (κ1) is 20.2. The summed E-state index contributed by atoms with van der Waals surface area (Å²) < 4.78 is 42.1. The van der Waals surface area contributed by atoms with Gasteiger partial charge in [0.1, 0.15) is 11.6 Å². The highest BCUT2D eigenvalue weighted by Gasteiger charge is 2.46. The van der Waals surface area contributed by atoms with E-state index in [-0.39, 0.29) is 23.8 Å². The number of nitrogens with one attached hydrogen (secondary N) is 2. The molecule has 3 heterocycles. The molecule has 0 unspecified atom stereocenters. The number of hydrogen-bond acceptors (Lipinski definition) is 4. The van der Waals surface area contributed by atoms with Crippen LogP contribution in [0.3, 0.4) is 0 Å². The van der Waals surface area contributed by atoms with Crippen LogP contribution in [-0.4, -0.2) is 26.8 Å². The molecule has 30 heavy (non-hydrogen) atoms. The second-order valence-corrected chi connectivity index (χ2v) is 7.51. The van der Waals surface area contributed by atoms with Gasteiger partial charge in [-0.1, -0.05) is 41.4 Å². The fourth-order valence-electron chi connectivity index (χ4n) is 3.33. The van der Waals surface area contributed by atoms with Gasteiger partial charge in [0, 0.05) is 18.7 Å². The number of anilines is 2. The molecule has 0 fully saturated rings. The number of aryl methyl sites for hydroxylation is 1. The third kappa shape index (κ3) is 4.11. The monoisotopic (exact) mass is 435 g/mol. The SMILES string of the molecule is Cc1ccc([C@@H]2C[C@H](C(F)(F)F)n3nc(C(=O)Nc4ccc(Cl)cn4)cc3N2)cc1. The predicted octanol–water partition coefficient (Wildman–Crippen LogP) is 5.15. The van der Waals surface area contributed by atoms with Crippen molar-refractivity contribution in [3.8, 4) is 0 Å². The second-order valence-electron chi connectivity index (χ2n) is 7.08. The highest BCUT2D eigenvalue weighted by Crippen LogP contribution is 2.43. The van der Waals surface area contributed by atoms with E-state index in [1.165, 1.54) is 24.4 Å². The van der Waals surface area contributed by atoms with Gasteiger partial charge in [0.05, 0.1) is 11.1 Å². The average Bonchev–Trinajstić information content (AvgIpc) is 3.13. The van der Waals surface area contributed by atoms with E-state index in [9.17, 15) is 18.0 Å². The minimum absolute atomic E-state index is 0.128. The number of hydrogen-bond donors (Lipinski definition) is 2. The lowest BCUT2D eigenvalue weighted by atomic mass is 9.96. The Bertz CT molecular complexity index is 1060. The fraction of sp³-hybridized carbons (Fsp3) is 0.250. The van der Waals surface area contributed by atoms with Crippen molar-refractivity contribution in [1.29, 1.82) is 0 Å². The number of amides is 1. The number of alkyl halides is 3. The predicted molar refractivity (Wildman–Crippen MR) is 107 cm³/mol. The van der Waals surface area contributed by atoms with E-state index in [1.54, 1.807) is 12.1 Å². The van der Waals surface area contributed by atoms with Crippen molar-refractivity contribution in [1.82, 2.24) is 14.8 Å². The summed E-state index contributed by atoms with van der Waals surface area (Å²) in [5.41, 5.74) is 1.61. The van der Waals surface area contributed by atoms with Gasteiger partial charge in [0.25, 0.3) is 5.91 Å². The Kier molecular flexibility index (Phi) is 5.15. The molecule has 6 nitrogen and oxygen atoms in total. The molecule has 0 bridgehead atoms. The van der Waals surface area contributed by atoms with Crippen LogP contribution in [0.4, 0.5) is 24.8 Å². The summed E-state index contributed by atoms with van der Waals surface area (Å²) in [5.74, 6) is -0.321. The van der Waals surface area contributed by atoms with Gasteiger partial charge in [-0.25, -0.2) is 9.67 Å². The number of rotatable bonds is 3. The first-order valence-electron chi connectivity index (χ1n) is 9.13. The second kappa shape index (κ2) is 7.64. The Hall–Kier alpha value is -3.07. The van der Waals surface area contributed by atoms with Gasteiger partial charge < -0.3 is 10.6 Å². The first-order valence-corrected chi connectivity index (χ1v) is 9.51. The van der Waals surface area contributed by atoms with E-state index in [4.69, 9.17) is 11.6 Å². The molecular formula is C20H17ClF3N5O. The van der Waals surface area contributed by atoms with Crippen LogP contribution in [0.15, 0.2) is 48.7 Å². The van der Waals surface area contributed by atoms with E-state index in [0.717, 1.165) is 15.8 Å². The molecule has 1 aromatic carbocycles. The Morgan fingerprint density at radius 2 is 1.97 bits per heavy atom. The smallest absolute Gasteiger partial charge is 0.363 e. The van der Waals surface area contributed by atoms with Gasteiger partial charge in [0.2, 0.25) is 0 Å². The van der Waals surface area contributed by atoms with E-state index in [1.807, 2.05) is 19.1 Å². The summed E-state index contributed by atoms with van der Waals surface area (Å²) in [5, 5.41) is 9.89. The number of nitrogens with zero attached hydrogens (tertiary/aromatic N) is 3. The molecule has 3 aromatic rings. The molecule has 10 heteroatoms. The van der Waals surface area contributed by atoms with Crippen molar-refractivity contribution < 1.29 is 18.0 Å². The number of carbonyl (C=O) groups is 1. The van der Waals surface area contributed by atoms with E-state index < -0.39 is 24.2 Å². The van der Waals surface area contributed by atoms with Crippen LogP contribution in [0.1, 0.15) is 40.1 Å². The molecule has 2 N–H and O–H groups in total. The molecule has 1 aliphatic heterocycles. The number of pyridine rings is 1. The molecule has 1 aliphatic rings. The highest BCUT2D eigenvalue weighted by molar-refractivity contribution is 6.30. The summed E-state index contributed by atoms with van der Waals surface area (Å²) >= 11 is 5.76. The molecule has 0 saturated heterocycles. The van der Waals surface area contributed by atoms with Gasteiger partial charge in [-0.3, -0.25) is 4.79 Å². The highest BCUT2D eigenvalue weighted by atomic mass is 35.5. The molecule has 0 radical (unpaired) electrons. The van der Waals surface area contributed by atoms with Crippen LogP contribution in [0.25, 0.3) is 0 Å². The quantitative estimate of drug-likeness (QED) is 0.596. The lowest BCUT2D eigenvalue weighted by Crippen LogP contribution is -2.35. The lowest BCUT2D eigenvalue weighted by Gasteiger charge is -2.33. The molecule has 0 saturated carbocycles. The number of benzene rings is 1. The van der Waals surface area contributed by atoms with Crippen molar-refractivity contribution in [2.75, 3.05) is 10.6 Å². The summed E-state index contributed by atoms with van der Waals surface area (Å²) in [7, 11) is 0. The maximum atomic E-state index is 13.8. The van der Waals surface area contributed by atoms with E-state index >= 15 is 0 Å².